The lowest BCUT2D eigenvalue weighted by molar-refractivity contribution is -0.138. The molecule has 3 saturated carbocycles. The topological polar surface area (TPSA) is 57.5 Å². The summed E-state index contributed by atoms with van der Waals surface area (Å²) in [4.78, 5) is 10.9. The van der Waals surface area contributed by atoms with Crippen molar-refractivity contribution < 1.29 is 15.0 Å². The van der Waals surface area contributed by atoms with Crippen molar-refractivity contribution in [2.45, 2.75) is 111 Å². The lowest BCUT2D eigenvalue weighted by atomic mass is 9.47. The van der Waals surface area contributed by atoms with E-state index in [1.807, 2.05) is 0 Å². The molecule has 3 nitrogen and oxygen atoms in total. The zero-order chi connectivity index (χ0) is 22.4. The number of hydrogen-bond donors (Lipinski definition) is 2. The molecule has 0 aliphatic heterocycles. The van der Waals surface area contributed by atoms with E-state index in [0.717, 1.165) is 48.9 Å². The molecule has 0 spiro atoms. The van der Waals surface area contributed by atoms with Gasteiger partial charge in [0.1, 0.15) is 0 Å². The van der Waals surface area contributed by atoms with E-state index in [9.17, 15) is 9.90 Å². The van der Waals surface area contributed by atoms with Crippen LogP contribution in [0.25, 0.3) is 0 Å². The molecule has 2 N–H and O–H groups in total. The normalized spacial score (nSPS) is 43.9. The highest BCUT2D eigenvalue weighted by atomic mass is 16.4. The first-order valence-electron chi connectivity index (χ1n) is 13.2. The smallest absolute Gasteiger partial charge is 0.303 e. The van der Waals surface area contributed by atoms with E-state index in [1.165, 1.54) is 51.4 Å². The van der Waals surface area contributed by atoms with E-state index >= 15 is 0 Å². The molecule has 0 heterocycles. The molecule has 3 fully saturated rings. The van der Waals surface area contributed by atoms with Crippen molar-refractivity contribution in [1.29, 1.82) is 0 Å². The highest BCUT2D eigenvalue weighted by Gasteiger charge is 2.59. The number of aliphatic carboxylic acids is 1. The fourth-order valence-electron chi connectivity index (χ4n) is 9.01. The van der Waals surface area contributed by atoms with Crippen LogP contribution in [0, 0.1) is 46.3 Å². The number of carboxylic acid groups (broad SMARTS) is 1. The first-order chi connectivity index (χ1) is 14.6. The van der Waals surface area contributed by atoms with Crippen molar-refractivity contribution in [1.82, 2.24) is 0 Å². The van der Waals surface area contributed by atoms with Gasteiger partial charge in [0.05, 0.1) is 6.10 Å². The number of aliphatic hydroxyl groups excluding tert-OH is 1. The highest BCUT2D eigenvalue weighted by Crippen LogP contribution is 2.67. The van der Waals surface area contributed by atoms with Gasteiger partial charge in [0.15, 0.2) is 0 Å². The minimum Gasteiger partial charge on any atom is -0.481 e. The van der Waals surface area contributed by atoms with E-state index < -0.39 is 5.97 Å². The summed E-state index contributed by atoms with van der Waals surface area (Å²) in [5.74, 6) is 3.75. The predicted molar refractivity (Wildman–Crippen MR) is 126 cm³/mol. The van der Waals surface area contributed by atoms with Crippen molar-refractivity contribution >= 4 is 5.97 Å². The fraction of sp³-hybridized carbons (Fsp3) is 0.893. The van der Waals surface area contributed by atoms with E-state index in [0.29, 0.717) is 23.2 Å². The van der Waals surface area contributed by atoms with Crippen molar-refractivity contribution in [3.05, 3.63) is 11.6 Å². The average Bonchev–Trinajstić information content (AvgIpc) is 3.05. The highest BCUT2D eigenvalue weighted by molar-refractivity contribution is 5.66. The zero-order valence-electron chi connectivity index (χ0n) is 20.4. The lowest BCUT2D eigenvalue weighted by Gasteiger charge is -2.58. The number of carboxylic acids is 1. The van der Waals surface area contributed by atoms with E-state index in [2.05, 4.69) is 33.8 Å². The Hall–Kier alpha value is -0.830. The second-order valence-electron chi connectivity index (χ2n) is 12.5. The second-order valence-corrected chi connectivity index (χ2v) is 12.5. The standard InChI is InChI=1S/C28H46O3/c1-18(16-26(30)31)6-5-7-19(2)23-10-11-24-22-9-8-20-17-21(29)12-14-27(20,3)25(22)13-15-28(23,24)4/h8,18-19,21-25,29H,5-7,9-17H2,1-4H3,(H,30,31)/t18?,19-,21+,22+,23-,24+,25-,27+,28-/m1/s1. The number of hydrogen-bond acceptors (Lipinski definition) is 2. The molecule has 1 unspecified atom stereocenters. The minimum absolute atomic E-state index is 0.111. The number of carbonyl (C=O) groups is 1. The molecule has 4 aliphatic rings. The molecular formula is C28H46O3. The van der Waals surface area contributed by atoms with Gasteiger partial charge in [-0.2, -0.15) is 0 Å². The van der Waals surface area contributed by atoms with Gasteiger partial charge in [-0.3, -0.25) is 4.79 Å². The molecule has 0 aromatic rings. The summed E-state index contributed by atoms with van der Waals surface area (Å²) in [6.07, 6.45) is 16.1. The Bertz CT molecular complexity index is 698. The van der Waals surface area contributed by atoms with Gasteiger partial charge in [-0.05, 0) is 97.7 Å². The Labute approximate surface area is 190 Å². The third-order valence-electron chi connectivity index (χ3n) is 10.7. The summed E-state index contributed by atoms with van der Waals surface area (Å²) >= 11 is 0. The quantitative estimate of drug-likeness (QED) is 0.435. The van der Waals surface area contributed by atoms with Gasteiger partial charge in [-0.15, -0.1) is 0 Å². The summed E-state index contributed by atoms with van der Waals surface area (Å²) < 4.78 is 0. The van der Waals surface area contributed by atoms with Crippen LogP contribution in [0.2, 0.25) is 0 Å². The number of fused-ring (bicyclic) bond motifs is 5. The lowest BCUT2D eigenvalue weighted by Crippen LogP contribution is -2.50. The number of rotatable bonds is 7. The van der Waals surface area contributed by atoms with Crippen LogP contribution in [0.4, 0.5) is 0 Å². The van der Waals surface area contributed by atoms with Crippen LogP contribution in [0.15, 0.2) is 11.6 Å². The van der Waals surface area contributed by atoms with Gasteiger partial charge in [-0.25, -0.2) is 0 Å². The Morgan fingerprint density at radius 3 is 2.61 bits per heavy atom. The molecule has 31 heavy (non-hydrogen) atoms. The van der Waals surface area contributed by atoms with Crippen molar-refractivity contribution in [2.24, 2.45) is 46.3 Å². The molecule has 0 radical (unpaired) electrons. The molecule has 4 aliphatic carbocycles. The van der Waals surface area contributed by atoms with Crippen molar-refractivity contribution in [2.75, 3.05) is 0 Å². The third kappa shape index (κ3) is 4.25. The Kier molecular flexibility index (Phi) is 6.65. The molecular weight excluding hydrogens is 384 g/mol. The van der Waals surface area contributed by atoms with Crippen LogP contribution in [0.5, 0.6) is 0 Å². The molecule has 4 rings (SSSR count). The molecule has 0 aromatic carbocycles. The Morgan fingerprint density at radius 2 is 1.87 bits per heavy atom. The van der Waals surface area contributed by atoms with Crippen LogP contribution >= 0.6 is 0 Å². The summed E-state index contributed by atoms with van der Waals surface area (Å²) in [6.45, 7) is 9.72. The van der Waals surface area contributed by atoms with Crippen LogP contribution in [0.3, 0.4) is 0 Å². The first-order valence-corrected chi connectivity index (χ1v) is 13.2. The molecule has 0 saturated heterocycles. The SMILES string of the molecule is CC(CCC[C@@H](C)[C@H]1CC[C@H]2[C@@H]3CC=C4C[C@@H](O)CC[C@]4(C)[C@@H]3CC[C@]12C)CC(=O)O. The summed E-state index contributed by atoms with van der Waals surface area (Å²) in [6, 6.07) is 0. The maximum atomic E-state index is 10.9. The first kappa shape index (κ1) is 23.3. The Morgan fingerprint density at radius 1 is 1.10 bits per heavy atom. The van der Waals surface area contributed by atoms with E-state index in [4.69, 9.17) is 5.11 Å². The van der Waals surface area contributed by atoms with Crippen LogP contribution in [0.1, 0.15) is 105 Å². The molecule has 3 heteroatoms. The summed E-state index contributed by atoms with van der Waals surface area (Å²) in [5, 5.41) is 19.2. The van der Waals surface area contributed by atoms with Crippen molar-refractivity contribution in [3.8, 4) is 0 Å². The molecule has 9 atom stereocenters. The van der Waals surface area contributed by atoms with Crippen LogP contribution in [-0.2, 0) is 4.79 Å². The van der Waals surface area contributed by atoms with Crippen LogP contribution < -0.4 is 0 Å². The molecule has 0 bridgehead atoms. The second kappa shape index (κ2) is 8.84. The molecule has 0 amide bonds. The van der Waals surface area contributed by atoms with E-state index in [1.54, 1.807) is 5.57 Å². The largest absolute Gasteiger partial charge is 0.481 e. The van der Waals surface area contributed by atoms with E-state index in [-0.39, 0.29) is 6.10 Å². The third-order valence-corrected chi connectivity index (χ3v) is 10.7. The van der Waals surface area contributed by atoms with Crippen molar-refractivity contribution in [3.63, 3.8) is 0 Å². The van der Waals surface area contributed by atoms with Gasteiger partial charge in [0, 0.05) is 6.42 Å². The average molecular weight is 431 g/mol. The Balaban J connectivity index is 1.41. The van der Waals surface area contributed by atoms with Crippen LogP contribution in [-0.4, -0.2) is 22.3 Å². The van der Waals surface area contributed by atoms with Gasteiger partial charge >= 0.3 is 5.97 Å². The predicted octanol–water partition coefficient (Wildman–Crippen LogP) is 6.84. The zero-order valence-corrected chi connectivity index (χ0v) is 20.4. The summed E-state index contributed by atoms with van der Waals surface area (Å²) in [5.41, 5.74) is 2.41. The maximum absolute atomic E-state index is 10.9. The van der Waals surface area contributed by atoms with Gasteiger partial charge in [-0.1, -0.05) is 58.6 Å². The van der Waals surface area contributed by atoms with Gasteiger partial charge in [0.2, 0.25) is 0 Å². The number of allylic oxidation sites excluding steroid dienone is 1. The van der Waals surface area contributed by atoms with Gasteiger partial charge < -0.3 is 10.2 Å². The maximum Gasteiger partial charge on any atom is 0.303 e. The molecule has 176 valence electrons. The fourth-order valence-corrected chi connectivity index (χ4v) is 9.01. The summed E-state index contributed by atoms with van der Waals surface area (Å²) in [7, 11) is 0. The monoisotopic (exact) mass is 430 g/mol. The number of aliphatic hydroxyl groups is 1. The van der Waals surface area contributed by atoms with Gasteiger partial charge in [0.25, 0.3) is 0 Å². The minimum atomic E-state index is -0.658. The molecule has 0 aromatic heterocycles.